The molecule has 8 heteroatoms. The van der Waals surface area contributed by atoms with Crippen molar-refractivity contribution in [1.29, 1.82) is 0 Å². The Kier molecular flexibility index (Phi) is 8.72. The second kappa shape index (κ2) is 11.0. The molecule has 0 saturated carbocycles. The van der Waals surface area contributed by atoms with Gasteiger partial charge in [-0.1, -0.05) is 13.8 Å². The Morgan fingerprint density at radius 1 is 1.38 bits per heavy atom. The summed E-state index contributed by atoms with van der Waals surface area (Å²) in [6.45, 7) is 8.37. The number of likely N-dealkylation sites (N-methyl/N-ethyl adjacent to an activating group) is 1. The fraction of sp³-hybridized carbons (Fsp3) is 0.619. The van der Waals surface area contributed by atoms with Crippen LogP contribution in [0.15, 0.2) is 18.2 Å². The second-order valence-electron chi connectivity index (χ2n) is 7.65. The summed E-state index contributed by atoms with van der Waals surface area (Å²) < 4.78 is 11.6. The van der Waals surface area contributed by atoms with Crippen molar-refractivity contribution < 1.29 is 19.1 Å². The molecule has 8 nitrogen and oxygen atoms in total. The molecule has 3 atom stereocenters. The van der Waals surface area contributed by atoms with E-state index in [4.69, 9.17) is 9.47 Å². The van der Waals surface area contributed by atoms with Crippen LogP contribution in [-0.4, -0.2) is 69.4 Å². The highest BCUT2D eigenvalue weighted by molar-refractivity contribution is 5.99. The normalized spacial score (nSPS) is 23.3. The average Bonchev–Trinajstić information content (AvgIpc) is 2.71. The third kappa shape index (κ3) is 6.61. The molecule has 29 heavy (non-hydrogen) atoms. The predicted octanol–water partition coefficient (Wildman–Crippen LogP) is 2.31. The van der Waals surface area contributed by atoms with Crippen molar-refractivity contribution in [2.45, 2.75) is 39.3 Å². The average molecular weight is 407 g/mol. The minimum absolute atomic E-state index is 0.0893. The molecule has 0 saturated heterocycles. The fourth-order valence-electron chi connectivity index (χ4n) is 3.15. The summed E-state index contributed by atoms with van der Waals surface area (Å²) in [5, 5.41) is 8.98. The first-order valence-electron chi connectivity index (χ1n) is 10.2. The quantitative estimate of drug-likeness (QED) is 0.714. The molecule has 1 aliphatic heterocycles. The lowest BCUT2D eigenvalue weighted by Gasteiger charge is -2.30. The lowest BCUT2D eigenvalue weighted by Crippen LogP contribution is -2.44. The summed E-state index contributed by atoms with van der Waals surface area (Å²) in [5.74, 6) is 0.553. The molecule has 1 aromatic rings. The molecule has 0 unspecified atom stereocenters. The van der Waals surface area contributed by atoms with E-state index in [1.54, 1.807) is 37.3 Å². The van der Waals surface area contributed by atoms with Crippen LogP contribution in [-0.2, 0) is 4.74 Å². The highest BCUT2D eigenvalue weighted by Gasteiger charge is 2.25. The van der Waals surface area contributed by atoms with Gasteiger partial charge in [-0.2, -0.15) is 0 Å². The van der Waals surface area contributed by atoms with Gasteiger partial charge in [-0.3, -0.25) is 4.79 Å². The Morgan fingerprint density at radius 2 is 2.14 bits per heavy atom. The van der Waals surface area contributed by atoms with E-state index < -0.39 is 0 Å². The number of nitrogens with zero attached hydrogens (tertiary/aromatic N) is 1. The minimum atomic E-state index is -0.298. The van der Waals surface area contributed by atoms with Crippen molar-refractivity contribution in [2.75, 3.05) is 45.7 Å². The number of carbonyl (C=O) groups excluding carboxylic acids is 2. The zero-order valence-electron chi connectivity index (χ0n) is 18.1. The highest BCUT2D eigenvalue weighted by Crippen LogP contribution is 2.25. The summed E-state index contributed by atoms with van der Waals surface area (Å²) in [6, 6.07) is 4.95. The Morgan fingerprint density at radius 3 is 2.83 bits per heavy atom. The van der Waals surface area contributed by atoms with Gasteiger partial charge in [0, 0.05) is 45.5 Å². The number of benzene rings is 1. The maximum Gasteiger partial charge on any atom is 0.319 e. The molecule has 0 bridgehead atoms. The van der Waals surface area contributed by atoms with Gasteiger partial charge in [0.1, 0.15) is 12.4 Å². The minimum Gasteiger partial charge on any atom is -0.491 e. The van der Waals surface area contributed by atoms with Gasteiger partial charge in [0.15, 0.2) is 0 Å². The van der Waals surface area contributed by atoms with Crippen LogP contribution in [0.2, 0.25) is 0 Å². The zero-order valence-corrected chi connectivity index (χ0v) is 18.1. The summed E-state index contributed by atoms with van der Waals surface area (Å²) in [4.78, 5) is 26.8. The Bertz CT molecular complexity index is 697. The summed E-state index contributed by atoms with van der Waals surface area (Å²) in [7, 11) is 3.42. The molecule has 0 aromatic heterocycles. The molecular formula is C21H34N4O4. The molecule has 162 valence electrons. The molecule has 2 rings (SSSR count). The number of rotatable bonds is 4. The van der Waals surface area contributed by atoms with Gasteiger partial charge in [-0.15, -0.1) is 0 Å². The molecule has 1 aliphatic rings. The van der Waals surface area contributed by atoms with E-state index in [-0.39, 0.29) is 30.0 Å². The van der Waals surface area contributed by atoms with Crippen molar-refractivity contribution in [1.82, 2.24) is 15.5 Å². The fourth-order valence-corrected chi connectivity index (χ4v) is 3.15. The number of nitrogens with one attached hydrogen (secondary N) is 3. The molecule has 0 aliphatic carbocycles. The van der Waals surface area contributed by atoms with Crippen LogP contribution < -0.4 is 20.7 Å². The lowest BCUT2D eigenvalue weighted by molar-refractivity contribution is 0.0281. The Labute approximate surface area is 173 Å². The van der Waals surface area contributed by atoms with E-state index in [0.717, 1.165) is 13.0 Å². The van der Waals surface area contributed by atoms with E-state index in [1.165, 1.54) is 0 Å². The van der Waals surface area contributed by atoms with Crippen molar-refractivity contribution in [3.8, 4) is 5.75 Å². The maximum absolute atomic E-state index is 13.2. The number of hydrogen-bond acceptors (Lipinski definition) is 5. The van der Waals surface area contributed by atoms with Crippen molar-refractivity contribution >= 4 is 17.6 Å². The standard InChI is InChI=1S/C21H34N4O4/c1-6-9-22-21(27)24-16-7-8-18-17(10-16)20(26)25(4)12-19(28-5)14(2)11-23-15(3)13-29-18/h7-8,10,14-15,19,23H,6,9,11-13H2,1-5H3,(H2,22,24,27)/t14-,15+,19+/m1/s1. The largest absolute Gasteiger partial charge is 0.491 e. The smallest absolute Gasteiger partial charge is 0.319 e. The van der Waals surface area contributed by atoms with Gasteiger partial charge >= 0.3 is 6.03 Å². The van der Waals surface area contributed by atoms with Gasteiger partial charge in [-0.25, -0.2) is 4.79 Å². The number of urea groups is 1. The van der Waals surface area contributed by atoms with E-state index in [9.17, 15) is 9.59 Å². The number of methoxy groups -OCH3 is 1. The third-order valence-corrected chi connectivity index (χ3v) is 5.02. The second-order valence-corrected chi connectivity index (χ2v) is 7.65. The lowest BCUT2D eigenvalue weighted by atomic mass is 10.0. The number of amides is 3. The van der Waals surface area contributed by atoms with Crippen LogP contribution in [0.5, 0.6) is 5.75 Å². The maximum atomic E-state index is 13.2. The number of carbonyl (C=O) groups is 2. The van der Waals surface area contributed by atoms with Gasteiger partial charge in [-0.05, 0) is 37.5 Å². The third-order valence-electron chi connectivity index (χ3n) is 5.02. The van der Waals surface area contributed by atoms with Crippen molar-refractivity contribution in [2.24, 2.45) is 5.92 Å². The molecule has 3 N–H and O–H groups in total. The molecule has 1 aromatic carbocycles. The molecule has 3 amide bonds. The molecule has 1 heterocycles. The van der Waals surface area contributed by atoms with Gasteiger partial charge in [0.25, 0.3) is 5.91 Å². The van der Waals surface area contributed by atoms with Crippen molar-refractivity contribution in [3.63, 3.8) is 0 Å². The molecular weight excluding hydrogens is 372 g/mol. The van der Waals surface area contributed by atoms with Crippen LogP contribution in [0.1, 0.15) is 37.6 Å². The summed E-state index contributed by atoms with van der Waals surface area (Å²) in [5.41, 5.74) is 0.953. The monoisotopic (exact) mass is 406 g/mol. The number of anilines is 1. The van der Waals surface area contributed by atoms with Gasteiger partial charge in [0.05, 0.1) is 11.7 Å². The predicted molar refractivity (Wildman–Crippen MR) is 114 cm³/mol. The van der Waals surface area contributed by atoms with Crippen LogP contribution in [0.3, 0.4) is 0 Å². The Hall–Kier alpha value is -2.32. The zero-order chi connectivity index (χ0) is 21.4. The first kappa shape index (κ1) is 23.0. The van der Waals surface area contributed by atoms with E-state index >= 15 is 0 Å². The molecule has 0 fully saturated rings. The summed E-state index contributed by atoms with van der Waals surface area (Å²) >= 11 is 0. The number of fused-ring (bicyclic) bond motifs is 1. The van der Waals surface area contributed by atoms with Crippen LogP contribution in [0, 0.1) is 5.92 Å². The van der Waals surface area contributed by atoms with E-state index in [1.807, 2.05) is 13.8 Å². The van der Waals surface area contributed by atoms with Crippen LogP contribution in [0.25, 0.3) is 0 Å². The van der Waals surface area contributed by atoms with E-state index in [2.05, 4.69) is 22.9 Å². The molecule has 0 radical (unpaired) electrons. The number of hydrogen-bond donors (Lipinski definition) is 3. The Balaban J connectivity index is 2.29. The highest BCUT2D eigenvalue weighted by atomic mass is 16.5. The number of ether oxygens (including phenoxy) is 2. The van der Waals surface area contributed by atoms with Gasteiger partial charge in [0.2, 0.25) is 0 Å². The summed E-state index contributed by atoms with van der Waals surface area (Å²) in [6.07, 6.45) is 0.758. The van der Waals surface area contributed by atoms with Crippen molar-refractivity contribution in [3.05, 3.63) is 23.8 Å². The topological polar surface area (TPSA) is 91.9 Å². The van der Waals surface area contributed by atoms with E-state index in [0.29, 0.717) is 36.7 Å². The first-order valence-corrected chi connectivity index (χ1v) is 10.2. The van der Waals surface area contributed by atoms with Crippen LogP contribution >= 0.6 is 0 Å². The molecule has 0 spiro atoms. The SMILES string of the molecule is CCCNC(=O)Nc1ccc2c(c1)C(=O)N(C)C[C@H](OC)[C@H](C)CN[C@@H](C)CO2. The van der Waals surface area contributed by atoms with Gasteiger partial charge < -0.3 is 30.3 Å². The van der Waals surface area contributed by atoms with Crippen LogP contribution in [0.4, 0.5) is 10.5 Å². The first-order chi connectivity index (χ1) is 13.8.